The molecule has 0 N–H and O–H groups in total. The van der Waals surface area contributed by atoms with Crippen molar-refractivity contribution in [3.05, 3.63) is 64.4 Å². The van der Waals surface area contributed by atoms with Crippen LogP contribution in [0.25, 0.3) is 6.08 Å². The van der Waals surface area contributed by atoms with Crippen molar-refractivity contribution >= 4 is 11.9 Å². The van der Waals surface area contributed by atoms with E-state index in [1.54, 1.807) is 0 Å². The molecule has 0 aliphatic carbocycles. The fourth-order valence-corrected chi connectivity index (χ4v) is 3.61. The first-order chi connectivity index (χ1) is 12.5. The number of hydrogen-bond donors (Lipinski definition) is 0. The van der Waals surface area contributed by atoms with Gasteiger partial charge in [0.25, 0.3) is 0 Å². The standard InChI is InChI=1S/C22H23NO3/c1-14(2)11-23-12-17-18(25-13-23)9-15(3)20-21(24)19(26-22(17)20)10-16-7-5-4-6-8-16/h4-10,14H,11-13H2,1-3H3/b19-10-. The second-order valence-electron chi connectivity index (χ2n) is 7.40. The van der Waals surface area contributed by atoms with Crippen LogP contribution in [0.15, 0.2) is 42.2 Å². The van der Waals surface area contributed by atoms with E-state index >= 15 is 0 Å². The molecule has 0 radical (unpaired) electrons. The van der Waals surface area contributed by atoms with Gasteiger partial charge in [0, 0.05) is 13.1 Å². The summed E-state index contributed by atoms with van der Waals surface area (Å²) in [6.07, 6.45) is 1.81. The van der Waals surface area contributed by atoms with Gasteiger partial charge >= 0.3 is 0 Å². The van der Waals surface area contributed by atoms with Gasteiger partial charge < -0.3 is 9.47 Å². The highest BCUT2D eigenvalue weighted by Gasteiger charge is 2.35. The topological polar surface area (TPSA) is 38.8 Å². The molecular formula is C22H23NO3. The van der Waals surface area contributed by atoms with Gasteiger partial charge in [0.05, 0.1) is 11.1 Å². The van der Waals surface area contributed by atoms with Gasteiger partial charge in [-0.3, -0.25) is 9.69 Å². The summed E-state index contributed by atoms with van der Waals surface area (Å²) in [5.74, 6) is 2.37. The van der Waals surface area contributed by atoms with Gasteiger partial charge in [-0.15, -0.1) is 0 Å². The molecule has 0 unspecified atom stereocenters. The molecule has 2 aliphatic rings. The maximum atomic E-state index is 12.9. The molecule has 4 rings (SSSR count). The lowest BCUT2D eigenvalue weighted by atomic mass is 9.98. The van der Waals surface area contributed by atoms with Crippen molar-refractivity contribution < 1.29 is 14.3 Å². The number of carbonyl (C=O) groups excluding carboxylic acids is 1. The second kappa shape index (κ2) is 6.61. The summed E-state index contributed by atoms with van der Waals surface area (Å²) in [7, 11) is 0. The average molecular weight is 349 g/mol. The molecule has 2 heterocycles. The number of fused-ring (bicyclic) bond motifs is 3. The summed E-state index contributed by atoms with van der Waals surface area (Å²) in [4.78, 5) is 15.2. The van der Waals surface area contributed by atoms with E-state index in [-0.39, 0.29) is 5.78 Å². The lowest BCUT2D eigenvalue weighted by molar-refractivity contribution is 0.0831. The second-order valence-corrected chi connectivity index (χ2v) is 7.40. The van der Waals surface area contributed by atoms with E-state index in [0.717, 1.165) is 35.5 Å². The predicted molar refractivity (Wildman–Crippen MR) is 101 cm³/mol. The number of aryl methyl sites for hydroxylation is 1. The molecule has 4 nitrogen and oxygen atoms in total. The number of rotatable bonds is 3. The molecule has 26 heavy (non-hydrogen) atoms. The lowest BCUT2D eigenvalue weighted by Crippen LogP contribution is -2.35. The maximum absolute atomic E-state index is 12.9. The highest BCUT2D eigenvalue weighted by Crippen LogP contribution is 2.44. The summed E-state index contributed by atoms with van der Waals surface area (Å²) in [5, 5.41) is 0. The Hall–Kier alpha value is -2.59. The Balaban J connectivity index is 1.72. The predicted octanol–water partition coefficient (Wildman–Crippen LogP) is 4.42. The molecule has 0 saturated carbocycles. The molecule has 4 heteroatoms. The summed E-state index contributed by atoms with van der Waals surface area (Å²) in [6.45, 7) is 8.58. The largest absolute Gasteiger partial charge is 0.478 e. The first-order valence-corrected chi connectivity index (χ1v) is 9.04. The first-order valence-electron chi connectivity index (χ1n) is 9.04. The number of nitrogens with zero attached hydrogens (tertiary/aromatic N) is 1. The van der Waals surface area contributed by atoms with Crippen LogP contribution in [-0.4, -0.2) is 24.0 Å². The van der Waals surface area contributed by atoms with E-state index in [9.17, 15) is 4.79 Å². The molecule has 0 spiro atoms. The van der Waals surface area contributed by atoms with Crippen LogP contribution in [0, 0.1) is 12.8 Å². The molecule has 0 saturated heterocycles. The van der Waals surface area contributed by atoms with Crippen molar-refractivity contribution in [3.8, 4) is 11.5 Å². The summed E-state index contributed by atoms with van der Waals surface area (Å²) < 4.78 is 12.0. The molecule has 0 atom stereocenters. The van der Waals surface area contributed by atoms with Crippen LogP contribution in [0.2, 0.25) is 0 Å². The van der Waals surface area contributed by atoms with Crippen LogP contribution in [0.4, 0.5) is 0 Å². The highest BCUT2D eigenvalue weighted by molar-refractivity contribution is 6.15. The van der Waals surface area contributed by atoms with Gasteiger partial charge in [0.2, 0.25) is 5.78 Å². The number of carbonyl (C=O) groups is 1. The van der Waals surface area contributed by atoms with Crippen molar-refractivity contribution in [1.29, 1.82) is 0 Å². The average Bonchev–Trinajstić information content (AvgIpc) is 2.93. The minimum atomic E-state index is -0.0508. The molecule has 0 bridgehead atoms. The first kappa shape index (κ1) is 16.9. The van der Waals surface area contributed by atoms with Crippen molar-refractivity contribution in [2.45, 2.75) is 27.3 Å². The van der Waals surface area contributed by atoms with E-state index in [0.29, 0.717) is 29.7 Å². The third kappa shape index (κ3) is 3.01. The lowest BCUT2D eigenvalue weighted by Gasteiger charge is -2.31. The van der Waals surface area contributed by atoms with Crippen molar-refractivity contribution in [3.63, 3.8) is 0 Å². The molecule has 0 amide bonds. The Morgan fingerprint density at radius 1 is 1.23 bits per heavy atom. The van der Waals surface area contributed by atoms with Crippen molar-refractivity contribution in [1.82, 2.24) is 4.90 Å². The molecule has 2 aromatic carbocycles. The quantitative estimate of drug-likeness (QED) is 0.769. The van der Waals surface area contributed by atoms with Gasteiger partial charge in [-0.1, -0.05) is 44.2 Å². The molecule has 0 fully saturated rings. The fraction of sp³-hybridized carbons (Fsp3) is 0.318. The molecular weight excluding hydrogens is 326 g/mol. The third-order valence-electron chi connectivity index (χ3n) is 4.71. The fourth-order valence-electron chi connectivity index (χ4n) is 3.61. The zero-order chi connectivity index (χ0) is 18.3. The zero-order valence-electron chi connectivity index (χ0n) is 15.4. The Morgan fingerprint density at radius 3 is 2.73 bits per heavy atom. The number of ether oxygens (including phenoxy) is 2. The van der Waals surface area contributed by atoms with Gasteiger partial charge in [-0.05, 0) is 36.1 Å². The van der Waals surface area contributed by atoms with E-state index in [2.05, 4.69) is 18.7 Å². The molecule has 134 valence electrons. The maximum Gasteiger partial charge on any atom is 0.232 e. The van der Waals surface area contributed by atoms with Crippen LogP contribution in [0.5, 0.6) is 11.5 Å². The SMILES string of the molecule is Cc1cc2c(c3c1C(=O)/C(=C/c1ccccc1)O3)CN(CC(C)C)CO2. The Morgan fingerprint density at radius 2 is 2.00 bits per heavy atom. The van der Waals surface area contributed by atoms with E-state index in [1.165, 1.54) is 0 Å². The van der Waals surface area contributed by atoms with E-state index < -0.39 is 0 Å². The zero-order valence-corrected chi connectivity index (χ0v) is 15.4. The van der Waals surface area contributed by atoms with Gasteiger partial charge in [-0.25, -0.2) is 0 Å². The van der Waals surface area contributed by atoms with Crippen LogP contribution in [-0.2, 0) is 6.54 Å². The summed E-state index contributed by atoms with van der Waals surface area (Å²) in [6, 6.07) is 11.7. The minimum absolute atomic E-state index is 0.0508. The van der Waals surface area contributed by atoms with Gasteiger partial charge in [0.15, 0.2) is 5.76 Å². The molecule has 0 aromatic heterocycles. The summed E-state index contributed by atoms with van der Waals surface area (Å²) >= 11 is 0. The van der Waals surface area contributed by atoms with Crippen LogP contribution in [0.1, 0.15) is 40.9 Å². The smallest absolute Gasteiger partial charge is 0.232 e. The number of hydrogen-bond acceptors (Lipinski definition) is 4. The van der Waals surface area contributed by atoms with E-state index in [1.807, 2.05) is 49.4 Å². The normalized spacial score (nSPS) is 17.8. The summed E-state index contributed by atoms with van der Waals surface area (Å²) in [5.41, 5.74) is 3.49. The van der Waals surface area contributed by atoms with Crippen LogP contribution in [0.3, 0.4) is 0 Å². The highest BCUT2D eigenvalue weighted by atomic mass is 16.5. The molecule has 2 aliphatic heterocycles. The number of benzene rings is 2. The monoisotopic (exact) mass is 349 g/mol. The van der Waals surface area contributed by atoms with Crippen LogP contribution >= 0.6 is 0 Å². The van der Waals surface area contributed by atoms with Crippen molar-refractivity contribution in [2.75, 3.05) is 13.3 Å². The number of allylic oxidation sites excluding steroid dienone is 1. The number of Topliss-reactive ketones (excluding diaryl/α,β-unsaturated/α-hetero) is 1. The van der Waals surface area contributed by atoms with Crippen molar-refractivity contribution in [2.24, 2.45) is 5.92 Å². The third-order valence-corrected chi connectivity index (χ3v) is 4.71. The molecule has 2 aromatic rings. The van der Waals surface area contributed by atoms with Gasteiger partial charge in [0.1, 0.15) is 18.2 Å². The van der Waals surface area contributed by atoms with E-state index in [4.69, 9.17) is 9.47 Å². The van der Waals surface area contributed by atoms with Crippen LogP contribution < -0.4 is 9.47 Å². The Labute approximate surface area is 154 Å². The Kier molecular flexibility index (Phi) is 4.29. The number of ketones is 1. The van der Waals surface area contributed by atoms with Gasteiger partial charge in [-0.2, -0.15) is 0 Å². The Bertz CT molecular complexity index is 884. The minimum Gasteiger partial charge on any atom is -0.478 e.